The lowest BCUT2D eigenvalue weighted by atomic mass is 9.92. The van der Waals surface area contributed by atoms with E-state index in [9.17, 15) is 0 Å². The smallest absolute Gasteiger partial charge is 0.0222 e. The summed E-state index contributed by atoms with van der Waals surface area (Å²) in [6, 6.07) is 8.84. The Kier molecular flexibility index (Phi) is 2.53. The molecule has 0 heterocycles. The molecule has 0 N–H and O–H groups in total. The number of hydrogen-bond donors (Lipinski definition) is 0. The van der Waals surface area contributed by atoms with E-state index in [1.54, 1.807) is 0 Å². The molecule has 1 aliphatic carbocycles. The Hall–Kier alpha value is -1.30. The summed E-state index contributed by atoms with van der Waals surface area (Å²) in [5.74, 6) is 0. The molecule has 2 rings (SSSR count). The van der Waals surface area contributed by atoms with Crippen LogP contribution in [0.15, 0.2) is 42.0 Å². The second-order valence-electron chi connectivity index (χ2n) is 3.97. The van der Waals surface area contributed by atoms with Gasteiger partial charge in [0.15, 0.2) is 0 Å². The lowest BCUT2D eigenvalue weighted by Crippen LogP contribution is -1.92. The van der Waals surface area contributed by atoms with Crippen molar-refractivity contribution in [3.63, 3.8) is 0 Å². The van der Waals surface area contributed by atoms with Crippen LogP contribution in [0, 0.1) is 6.92 Å². The third kappa shape index (κ3) is 1.79. The molecule has 72 valence electrons. The van der Waals surface area contributed by atoms with Gasteiger partial charge < -0.3 is 0 Å². The molecule has 0 aromatic heterocycles. The van der Waals surface area contributed by atoms with Gasteiger partial charge in [-0.2, -0.15) is 0 Å². The molecule has 1 aliphatic rings. The number of allylic oxidation sites excluding steroid dienone is 4. The van der Waals surface area contributed by atoms with E-state index in [2.05, 4.69) is 50.3 Å². The van der Waals surface area contributed by atoms with Crippen molar-refractivity contribution in [3.8, 4) is 0 Å². The third-order valence-electron chi connectivity index (χ3n) is 2.80. The molecule has 0 bridgehead atoms. The van der Waals surface area contributed by atoms with Gasteiger partial charge >= 0.3 is 0 Å². The maximum absolute atomic E-state index is 2.26. The van der Waals surface area contributed by atoms with Gasteiger partial charge in [-0.25, -0.2) is 0 Å². The van der Waals surface area contributed by atoms with Gasteiger partial charge in [0.2, 0.25) is 0 Å². The van der Waals surface area contributed by atoms with E-state index in [4.69, 9.17) is 0 Å². The van der Waals surface area contributed by atoms with E-state index in [-0.39, 0.29) is 0 Å². The van der Waals surface area contributed by atoms with Gasteiger partial charge in [-0.1, -0.05) is 42.0 Å². The van der Waals surface area contributed by atoms with Gasteiger partial charge in [0.05, 0.1) is 0 Å². The van der Waals surface area contributed by atoms with Gasteiger partial charge in [0.1, 0.15) is 0 Å². The minimum absolute atomic E-state index is 1.18. The van der Waals surface area contributed by atoms with E-state index in [0.717, 1.165) is 0 Å². The molecule has 1 aromatic carbocycles. The van der Waals surface area contributed by atoms with Gasteiger partial charge in [0.25, 0.3) is 0 Å². The molecule has 0 saturated carbocycles. The molecule has 0 spiro atoms. The fourth-order valence-electron chi connectivity index (χ4n) is 1.91. The summed E-state index contributed by atoms with van der Waals surface area (Å²) in [5.41, 5.74) is 5.64. The van der Waals surface area contributed by atoms with Gasteiger partial charge in [0, 0.05) is 0 Å². The first-order valence-corrected chi connectivity index (χ1v) is 5.21. The molecule has 0 nitrogen and oxygen atoms in total. The highest BCUT2D eigenvalue weighted by Gasteiger charge is 2.06. The average molecular weight is 184 g/mol. The van der Waals surface area contributed by atoms with Crippen molar-refractivity contribution < 1.29 is 0 Å². The first kappa shape index (κ1) is 9.26. The monoisotopic (exact) mass is 184 g/mol. The zero-order chi connectivity index (χ0) is 9.97. The molecular formula is C14H16. The summed E-state index contributed by atoms with van der Waals surface area (Å²) in [6.07, 6.45) is 6.86. The quantitative estimate of drug-likeness (QED) is 0.616. The van der Waals surface area contributed by atoms with E-state index in [0.29, 0.717) is 0 Å². The Morgan fingerprint density at radius 3 is 2.36 bits per heavy atom. The van der Waals surface area contributed by atoms with Crippen molar-refractivity contribution in [2.75, 3.05) is 0 Å². The first-order chi connectivity index (χ1) is 6.77. The summed E-state index contributed by atoms with van der Waals surface area (Å²) in [4.78, 5) is 0. The van der Waals surface area contributed by atoms with E-state index in [1.165, 1.54) is 35.1 Å². The van der Waals surface area contributed by atoms with Crippen LogP contribution in [0.1, 0.15) is 30.9 Å². The fourth-order valence-corrected chi connectivity index (χ4v) is 1.91. The fraction of sp³-hybridized carbons (Fsp3) is 0.286. The molecule has 0 radical (unpaired) electrons. The lowest BCUT2D eigenvalue weighted by molar-refractivity contribution is 1.04. The van der Waals surface area contributed by atoms with E-state index >= 15 is 0 Å². The van der Waals surface area contributed by atoms with Crippen molar-refractivity contribution in [3.05, 3.63) is 53.1 Å². The topological polar surface area (TPSA) is 0 Å². The minimum atomic E-state index is 1.18. The molecule has 0 heteroatoms. The van der Waals surface area contributed by atoms with Gasteiger partial charge in [-0.05, 0) is 43.4 Å². The standard InChI is InChI=1S/C14H16/c1-11-7-9-13(10-8-11)14-6-4-3-5-12(14)2/h3,5,7-10H,4,6H2,1-2H3. The van der Waals surface area contributed by atoms with Gasteiger partial charge in [-0.15, -0.1) is 0 Å². The Morgan fingerprint density at radius 1 is 1.00 bits per heavy atom. The van der Waals surface area contributed by atoms with Crippen LogP contribution in [0.4, 0.5) is 0 Å². The Bertz CT molecular complexity index is 377. The predicted octanol–water partition coefficient (Wildman–Crippen LogP) is 4.12. The van der Waals surface area contributed by atoms with Crippen LogP contribution in [0.5, 0.6) is 0 Å². The van der Waals surface area contributed by atoms with Crippen molar-refractivity contribution in [2.24, 2.45) is 0 Å². The average Bonchev–Trinajstić information content (AvgIpc) is 2.20. The number of hydrogen-bond acceptors (Lipinski definition) is 0. The first-order valence-electron chi connectivity index (χ1n) is 5.21. The summed E-state index contributed by atoms with van der Waals surface area (Å²) in [6.45, 7) is 4.33. The van der Waals surface area contributed by atoms with Crippen molar-refractivity contribution in [2.45, 2.75) is 26.7 Å². The molecule has 1 aromatic rings. The summed E-state index contributed by atoms with van der Waals surface area (Å²) in [5, 5.41) is 0. The van der Waals surface area contributed by atoms with E-state index in [1.807, 2.05) is 0 Å². The van der Waals surface area contributed by atoms with E-state index < -0.39 is 0 Å². The van der Waals surface area contributed by atoms with Crippen molar-refractivity contribution >= 4 is 5.57 Å². The second-order valence-corrected chi connectivity index (χ2v) is 3.97. The Balaban J connectivity index is 2.39. The number of rotatable bonds is 1. The number of benzene rings is 1. The minimum Gasteiger partial charge on any atom is -0.0839 e. The lowest BCUT2D eigenvalue weighted by Gasteiger charge is -2.13. The molecule has 14 heavy (non-hydrogen) atoms. The van der Waals surface area contributed by atoms with Crippen LogP contribution in [0.2, 0.25) is 0 Å². The molecule has 0 unspecified atom stereocenters. The van der Waals surface area contributed by atoms with Crippen LogP contribution in [-0.2, 0) is 0 Å². The highest BCUT2D eigenvalue weighted by molar-refractivity contribution is 5.71. The summed E-state index contributed by atoms with van der Waals surface area (Å²) in [7, 11) is 0. The molecule has 0 atom stereocenters. The molecule has 0 amide bonds. The highest BCUT2D eigenvalue weighted by atomic mass is 14.1. The Labute approximate surface area is 86.0 Å². The van der Waals surface area contributed by atoms with Crippen LogP contribution in [-0.4, -0.2) is 0 Å². The highest BCUT2D eigenvalue weighted by Crippen LogP contribution is 2.28. The third-order valence-corrected chi connectivity index (χ3v) is 2.80. The van der Waals surface area contributed by atoms with Crippen LogP contribution in [0.25, 0.3) is 5.57 Å². The van der Waals surface area contributed by atoms with Gasteiger partial charge in [-0.3, -0.25) is 0 Å². The van der Waals surface area contributed by atoms with Crippen LogP contribution >= 0.6 is 0 Å². The zero-order valence-corrected chi connectivity index (χ0v) is 8.88. The zero-order valence-electron chi connectivity index (χ0n) is 8.88. The van der Waals surface area contributed by atoms with Crippen molar-refractivity contribution in [1.29, 1.82) is 0 Å². The Morgan fingerprint density at radius 2 is 1.71 bits per heavy atom. The van der Waals surface area contributed by atoms with Crippen LogP contribution in [0.3, 0.4) is 0 Å². The normalized spacial score (nSPS) is 16.1. The molecule has 0 saturated heterocycles. The summed E-state index contributed by atoms with van der Waals surface area (Å²) < 4.78 is 0. The summed E-state index contributed by atoms with van der Waals surface area (Å²) >= 11 is 0. The van der Waals surface area contributed by atoms with Crippen molar-refractivity contribution in [1.82, 2.24) is 0 Å². The SMILES string of the molecule is CC1=C(c2ccc(C)cc2)CCC=C1. The second kappa shape index (κ2) is 3.83. The molecule has 0 aliphatic heterocycles. The molecular weight excluding hydrogens is 168 g/mol. The van der Waals surface area contributed by atoms with Crippen LogP contribution < -0.4 is 0 Å². The predicted molar refractivity (Wildman–Crippen MR) is 62.1 cm³/mol. The maximum Gasteiger partial charge on any atom is -0.0222 e. The maximum atomic E-state index is 2.26. The largest absolute Gasteiger partial charge is 0.0839 e. The molecule has 0 fully saturated rings. The number of aryl methyl sites for hydroxylation is 1.